The Kier molecular flexibility index (Phi) is 6.43. The number of likely N-dealkylation sites (tertiary alicyclic amines) is 1. The third-order valence-corrected chi connectivity index (χ3v) is 5.85. The second-order valence-electron chi connectivity index (χ2n) is 7.39. The fourth-order valence-electron chi connectivity index (χ4n) is 3.97. The SMILES string of the molecule is FC1CCN(C(Cc2cccnc2-c2cc(Cl)cc(Cl)c2)c2cccnc2)CC1. The number of nitrogens with zero attached hydrogens (tertiary/aromatic N) is 3. The Morgan fingerprint density at radius 3 is 2.45 bits per heavy atom. The number of alkyl halides is 1. The molecular weight excluding hydrogens is 408 g/mol. The van der Waals surface area contributed by atoms with E-state index < -0.39 is 6.17 Å². The molecule has 1 atom stereocenters. The van der Waals surface area contributed by atoms with Crippen molar-refractivity contribution in [1.29, 1.82) is 0 Å². The van der Waals surface area contributed by atoms with Crippen LogP contribution < -0.4 is 0 Å². The summed E-state index contributed by atoms with van der Waals surface area (Å²) in [4.78, 5) is 11.3. The predicted octanol–water partition coefficient (Wildman–Crippen LogP) is 6.17. The molecule has 29 heavy (non-hydrogen) atoms. The van der Waals surface area contributed by atoms with Crippen LogP contribution in [0.25, 0.3) is 11.3 Å². The second-order valence-corrected chi connectivity index (χ2v) is 8.26. The quantitative estimate of drug-likeness (QED) is 0.485. The lowest BCUT2D eigenvalue weighted by Gasteiger charge is -2.36. The maximum atomic E-state index is 13.7. The van der Waals surface area contributed by atoms with Gasteiger partial charge in [0.05, 0.1) is 5.69 Å². The van der Waals surface area contributed by atoms with E-state index in [1.54, 1.807) is 18.5 Å². The molecule has 0 bridgehead atoms. The van der Waals surface area contributed by atoms with E-state index in [0.29, 0.717) is 22.9 Å². The third kappa shape index (κ3) is 4.95. The van der Waals surface area contributed by atoms with Gasteiger partial charge in [-0.1, -0.05) is 35.3 Å². The number of hydrogen-bond acceptors (Lipinski definition) is 3. The molecular formula is C23H22Cl2FN3. The fourth-order valence-corrected chi connectivity index (χ4v) is 4.50. The van der Waals surface area contributed by atoms with E-state index in [9.17, 15) is 4.39 Å². The van der Waals surface area contributed by atoms with E-state index in [1.165, 1.54) is 0 Å². The number of hydrogen-bond donors (Lipinski definition) is 0. The van der Waals surface area contributed by atoms with Crippen molar-refractivity contribution in [2.75, 3.05) is 13.1 Å². The van der Waals surface area contributed by atoms with E-state index in [0.717, 1.165) is 41.9 Å². The molecule has 0 spiro atoms. The Labute approximate surface area is 180 Å². The van der Waals surface area contributed by atoms with Crippen LogP contribution in [0.2, 0.25) is 10.0 Å². The van der Waals surface area contributed by atoms with Crippen LogP contribution in [0.15, 0.2) is 61.1 Å². The zero-order chi connectivity index (χ0) is 20.2. The third-order valence-electron chi connectivity index (χ3n) is 5.41. The monoisotopic (exact) mass is 429 g/mol. The van der Waals surface area contributed by atoms with Gasteiger partial charge in [-0.2, -0.15) is 0 Å². The van der Waals surface area contributed by atoms with Crippen LogP contribution in [0.5, 0.6) is 0 Å². The van der Waals surface area contributed by atoms with Crippen LogP contribution in [0.3, 0.4) is 0 Å². The van der Waals surface area contributed by atoms with Crippen LogP contribution >= 0.6 is 23.2 Å². The summed E-state index contributed by atoms with van der Waals surface area (Å²) < 4.78 is 13.7. The van der Waals surface area contributed by atoms with Gasteiger partial charge in [-0.05, 0) is 60.7 Å². The molecule has 3 aromatic rings. The van der Waals surface area contributed by atoms with Crippen molar-refractivity contribution in [3.8, 4) is 11.3 Å². The lowest BCUT2D eigenvalue weighted by atomic mass is 9.93. The van der Waals surface area contributed by atoms with E-state index >= 15 is 0 Å². The average molecular weight is 430 g/mol. The minimum atomic E-state index is -0.705. The molecule has 1 saturated heterocycles. The molecule has 1 fully saturated rings. The van der Waals surface area contributed by atoms with Crippen LogP contribution in [-0.2, 0) is 6.42 Å². The molecule has 1 aliphatic heterocycles. The molecule has 0 amide bonds. The number of aromatic nitrogens is 2. The lowest BCUT2D eigenvalue weighted by molar-refractivity contribution is 0.110. The van der Waals surface area contributed by atoms with Gasteiger partial charge in [0.15, 0.2) is 0 Å². The van der Waals surface area contributed by atoms with Gasteiger partial charge in [-0.3, -0.25) is 14.9 Å². The molecule has 6 heteroatoms. The first kappa shape index (κ1) is 20.3. The fraction of sp³-hybridized carbons (Fsp3) is 0.304. The van der Waals surface area contributed by atoms with Crippen LogP contribution in [0.4, 0.5) is 4.39 Å². The van der Waals surface area contributed by atoms with Crippen molar-refractivity contribution in [2.24, 2.45) is 0 Å². The zero-order valence-electron chi connectivity index (χ0n) is 15.9. The molecule has 1 aromatic carbocycles. The number of pyridine rings is 2. The lowest BCUT2D eigenvalue weighted by Crippen LogP contribution is -2.38. The van der Waals surface area contributed by atoms with Crippen LogP contribution in [0.1, 0.15) is 30.0 Å². The molecule has 4 rings (SSSR count). The largest absolute Gasteiger partial charge is 0.296 e. The first-order chi connectivity index (χ1) is 14.1. The van der Waals surface area contributed by atoms with Crippen molar-refractivity contribution < 1.29 is 4.39 Å². The van der Waals surface area contributed by atoms with Crippen molar-refractivity contribution in [3.63, 3.8) is 0 Å². The summed E-state index contributed by atoms with van der Waals surface area (Å²) in [6, 6.07) is 13.7. The predicted molar refractivity (Wildman–Crippen MR) is 116 cm³/mol. The summed E-state index contributed by atoms with van der Waals surface area (Å²) in [7, 11) is 0. The Morgan fingerprint density at radius 2 is 1.76 bits per heavy atom. The summed E-state index contributed by atoms with van der Waals surface area (Å²) in [5.41, 5.74) is 3.99. The molecule has 0 saturated carbocycles. The summed E-state index contributed by atoms with van der Waals surface area (Å²) in [5.74, 6) is 0. The first-order valence-corrected chi connectivity index (χ1v) is 10.5. The highest BCUT2D eigenvalue weighted by Gasteiger charge is 2.27. The van der Waals surface area contributed by atoms with Gasteiger partial charge in [0, 0.05) is 53.3 Å². The highest BCUT2D eigenvalue weighted by molar-refractivity contribution is 6.35. The topological polar surface area (TPSA) is 29.0 Å². The minimum absolute atomic E-state index is 0.105. The molecule has 0 radical (unpaired) electrons. The number of rotatable bonds is 5. The molecule has 150 valence electrons. The summed E-state index contributed by atoms with van der Waals surface area (Å²) in [5, 5.41) is 1.16. The normalized spacial score (nSPS) is 16.7. The Bertz CT molecular complexity index is 939. The number of piperidine rings is 1. The van der Waals surface area contributed by atoms with Crippen LogP contribution in [-0.4, -0.2) is 34.1 Å². The van der Waals surface area contributed by atoms with Crippen LogP contribution in [0, 0.1) is 0 Å². The molecule has 3 heterocycles. The van der Waals surface area contributed by atoms with Gasteiger partial charge in [-0.25, -0.2) is 4.39 Å². The first-order valence-electron chi connectivity index (χ1n) is 9.78. The van der Waals surface area contributed by atoms with Gasteiger partial charge in [-0.15, -0.1) is 0 Å². The maximum Gasteiger partial charge on any atom is 0.103 e. The molecule has 1 unspecified atom stereocenters. The summed E-state index contributed by atoms with van der Waals surface area (Å²) in [6.45, 7) is 1.47. The van der Waals surface area contributed by atoms with Gasteiger partial charge in [0.2, 0.25) is 0 Å². The van der Waals surface area contributed by atoms with Crippen molar-refractivity contribution in [2.45, 2.75) is 31.5 Å². The molecule has 1 aliphatic rings. The smallest absolute Gasteiger partial charge is 0.103 e. The summed E-state index contributed by atoms with van der Waals surface area (Å²) in [6.07, 6.45) is 6.64. The Morgan fingerprint density at radius 1 is 1.03 bits per heavy atom. The Balaban J connectivity index is 1.69. The van der Waals surface area contributed by atoms with Gasteiger partial charge in [0.25, 0.3) is 0 Å². The van der Waals surface area contributed by atoms with E-state index in [4.69, 9.17) is 23.2 Å². The minimum Gasteiger partial charge on any atom is -0.296 e. The highest BCUT2D eigenvalue weighted by Crippen LogP contribution is 2.33. The molecule has 0 N–H and O–H groups in total. The second kappa shape index (κ2) is 9.21. The number of halogens is 3. The van der Waals surface area contributed by atoms with E-state index in [1.807, 2.05) is 30.5 Å². The average Bonchev–Trinajstić information content (AvgIpc) is 2.73. The van der Waals surface area contributed by atoms with Gasteiger partial charge < -0.3 is 0 Å². The van der Waals surface area contributed by atoms with Crippen molar-refractivity contribution >= 4 is 23.2 Å². The van der Waals surface area contributed by atoms with Crippen molar-refractivity contribution in [1.82, 2.24) is 14.9 Å². The molecule has 3 nitrogen and oxygen atoms in total. The van der Waals surface area contributed by atoms with E-state index in [-0.39, 0.29) is 6.04 Å². The van der Waals surface area contributed by atoms with Crippen molar-refractivity contribution in [3.05, 3.63) is 82.2 Å². The van der Waals surface area contributed by atoms with Gasteiger partial charge in [0.1, 0.15) is 6.17 Å². The van der Waals surface area contributed by atoms with Gasteiger partial charge >= 0.3 is 0 Å². The number of benzene rings is 1. The maximum absolute atomic E-state index is 13.7. The molecule has 0 aliphatic carbocycles. The highest BCUT2D eigenvalue weighted by atomic mass is 35.5. The summed E-state index contributed by atoms with van der Waals surface area (Å²) >= 11 is 12.5. The van der Waals surface area contributed by atoms with E-state index in [2.05, 4.69) is 27.0 Å². The molecule has 2 aromatic heterocycles. The Hall–Kier alpha value is -2.01. The zero-order valence-corrected chi connectivity index (χ0v) is 17.5. The standard InChI is InChI=1S/C23H22Cl2FN3/c24-19-11-18(12-20(25)14-19)23-16(3-2-8-28-23)13-22(17-4-1-7-27-15-17)29-9-5-21(26)6-10-29/h1-4,7-8,11-12,14-15,21-22H,5-6,9-10,13H2.